The van der Waals surface area contributed by atoms with Crippen LogP contribution in [-0.4, -0.2) is 34.6 Å². The van der Waals surface area contributed by atoms with Crippen LogP contribution in [0.3, 0.4) is 0 Å². The minimum atomic E-state index is -1.23. The molecule has 1 fully saturated rings. The summed E-state index contributed by atoms with van der Waals surface area (Å²) in [5.74, 6) is -2.30. The number of halogens is 3. The molecule has 23 heavy (non-hydrogen) atoms. The number of nitrogens with zero attached hydrogens (tertiary/aromatic N) is 1. The maximum atomic E-state index is 13.7. The first-order chi connectivity index (χ1) is 10.9. The van der Waals surface area contributed by atoms with Crippen LogP contribution in [-0.2, 0) is 4.79 Å². The summed E-state index contributed by atoms with van der Waals surface area (Å²) >= 11 is 5.57. The van der Waals surface area contributed by atoms with E-state index < -0.39 is 29.7 Å². The number of hydrogen-bond donors (Lipinski definition) is 2. The maximum absolute atomic E-state index is 13.7. The Morgan fingerprint density at radius 3 is 2.57 bits per heavy atom. The average molecular weight is 343 g/mol. The lowest BCUT2D eigenvalue weighted by Gasteiger charge is -2.21. The highest BCUT2D eigenvalue weighted by Crippen LogP contribution is 2.39. The fraction of sp³-hybridized carbons (Fsp3) is 0.333. The summed E-state index contributed by atoms with van der Waals surface area (Å²) in [5.41, 5.74) is 0.616. The second kappa shape index (κ2) is 5.81. The number of anilines is 1. The quantitative estimate of drug-likeness (QED) is 0.654. The molecule has 2 aliphatic rings. The first-order valence-corrected chi connectivity index (χ1v) is 7.40. The third kappa shape index (κ3) is 3.14. The van der Waals surface area contributed by atoms with Crippen LogP contribution in [0.2, 0.25) is 5.02 Å². The lowest BCUT2D eigenvalue weighted by Crippen LogP contribution is -2.43. The molecule has 2 N–H and O–H groups in total. The van der Waals surface area contributed by atoms with Crippen molar-refractivity contribution in [1.29, 1.82) is 0 Å². The zero-order chi connectivity index (χ0) is 16.7. The summed E-state index contributed by atoms with van der Waals surface area (Å²) in [7, 11) is 0. The summed E-state index contributed by atoms with van der Waals surface area (Å²) in [6.07, 6.45) is 2.34. The topological polar surface area (TPSA) is 69.6 Å². The molecule has 1 aromatic rings. The van der Waals surface area contributed by atoms with E-state index in [0.717, 1.165) is 29.4 Å². The predicted octanol–water partition coefficient (Wildman–Crippen LogP) is 3.26. The third-order valence-corrected chi connectivity index (χ3v) is 4.23. The molecule has 1 unspecified atom stereocenters. The number of nitrogens with one attached hydrogen (secondary N) is 1. The molecule has 5 nitrogen and oxygen atoms in total. The van der Waals surface area contributed by atoms with Crippen LogP contribution in [0.4, 0.5) is 19.3 Å². The van der Waals surface area contributed by atoms with E-state index in [4.69, 9.17) is 11.6 Å². The fourth-order valence-corrected chi connectivity index (χ4v) is 2.75. The van der Waals surface area contributed by atoms with Gasteiger partial charge in [0.2, 0.25) is 0 Å². The van der Waals surface area contributed by atoms with Crippen molar-refractivity contribution in [2.45, 2.75) is 18.9 Å². The molecule has 3 rings (SSSR count). The Labute approximate surface area is 135 Å². The van der Waals surface area contributed by atoms with Gasteiger partial charge in [0.1, 0.15) is 17.7 Å². The highest BCUT2D eigenvalue weighted by molar-refractivity contribution is 6.31. The number of hydrogen-bond acceptors (Lipinski definition) is 2. The summed E-state index contributed by atoms with van der Waals surface area (Å²) in [6.45, 7) is 0.171. The van der Waals surface area contributed by atoms with Gasteiger partial charge in [0.05, 0.1) is 10.7 Å². The Hall–Kier alpha value is -2.15. The van der Waals surface area contributed by atoms with E-state index in [9.17, 15) is 23.5 Å². The first-order valence-electron chi connectivity index (χ1n) is 7.02. The normalized spacial score (nSPS) is 20.4. The van der Waals surface area contributed by atoms with Crippen LogP contribution in [0.5, 0.6) is 0 Å². The van der Waals surface area contributed by atoms with Gasteiger partial charge in [0, 0.05) is 12.6 Å². The molecular weight excluding hydrogens is 330 g/mol. The van der Waals surface area contributed by atoms with Gasteiger partial charge in [-0.1, -0.05) is 17.7 Å². The summed E-state index contributed by atoms with van der Waals surface area (Å²) < 4.78 is 26.8. The van der Waals surface area contributed by atoms with E-state index >= 15 is 0 Å². The summed E-state index contributed by atoms with van der Waals surface area (Å²) in [5, 5.41) is 11.2. The standard InChI is InChI=1S/C15H13ClF2N2O3/c16-9-4-12(11(18)5-10(9)17)19-14(21)13-3-8(7-1-2-7)6-20(13)15(22)23/h3-5,7,13H,1-2,6H2,(H,19,21)(H,22,23). The van der Waals surface area contributed by atoms with Crippen molar-refractivity contribution in [3.8, 4) is 0 Å². The van der Waals surface area contributed by atoms with Crippen molar-refractivity contribution in [2.75, 3.05) is 11.9 Å². The smallest absolute Gasteiger partial charge is 0.408 e. The molecule has 0 aromatic heterocycles. The van der Waals surface area contributed by atoms with E-state index in [2.05, 4.69) is 5.32 Å². The van der Waals surface area contributed by atoms with E-state index in [1.165, 1.54) is 0 Å². The van der Waals surface area contributed by atoms with Gasteiger partial charge in [-0.3, -0.25) is 9.69 Å². The number of carbonyl (C=O) groups is 2. The van der Waals surface area contributed by atoms with Crippen LogP contribution in [0.25, 0.3) is 0 Å². The molecular formula is C15H13ClF2N2O3. The molecule has 1 heterocycles. The zero-order valence-corrected chi connectivity index (χ0v) is 12.6. The van der Waals surface area contributed by atoms with Gasteiger partial charge in [0.15, 0.2) is 0 Å². The van der Waals surface area contributed by atoms with Crippen molar-refractivity contribution in [3.63, 3.8) is 0 Å². The maximum Gasteiger partial charge on any atom is 0.408 e. The summed E-state index contributed by atoms with van der Waals surface area (Å²) in [6, 6.07) is 0.481. The van der Waals surface area contributed by atoms with Gasteiger partial charge < -0.3 is 10.4 Å². The second-order valence-electron chi connectivity index (χ2n) is 5.61. The van der Waals surface area contributed by atoms with Crippen LogP contribution >= 0.6 is 11.6 Å². The van der Waals surface area contributed by atoms with Crippen LogP contribution < -0.4 is 5.32 Å². The monoisotopic (exact) mass is 342 g/mol. The van der Waals surface area contributed by atoms with E-state index in [1.807, 2.05) is 0 Å². The van der Waals surface area contributed by atoms with Gasteiger partial charge in [-0.25, -0.2) is 13.6 Å². The number of benzene rings is 1. The lowest BCUT2D eigenvalue weighted by molar-refractivity contribution is -0.118. The van der Waals surface area contributed by atoms with Gasteiger partial charge in [0.25, 0.3) is 5.91 Å². The van der Waals surface area contributed by atoms with E-state index in [1.54, 1.807) is 6.08 Å². The Balaban J connectivity index is 1.81. The Bertz CT molecular complexity index is 719. The van der Waals surface area contributed by atoms with Crippen molar-refractivity contribution in [1.82, 2.24) is 4.90 Å². The van der Waals surface area contributed by atoms with Crippen molar-refractivity contribution in [2.24, 2.45) is 5.92 Å². The molecule has 1 saturated carbocycles. The fourth-order valence-electron chi connectivity index (χ4n) is 2.59. The van der Waals surface area contributed by atoms with E-state index in [0.29, 0.717) is 12.0 Å². The van der Waals surface area contributed by atoms with Crippen molar-refractivity contribution < 1.29 is 23.5 Å². The Morgan fingerprint density at radius 2 is 1.96 bits per heavy atom. The minimum absolute atomic E-state index is 0.171. The Morgan fingerprint density at radius 1 is 1.26 bits per heavy atom. The molecule has 0 radical (unpaired) electrons. The molecule has 1 aromatic carbocycles. The SMILES string of the molecule is O=C(Nc1cc(Cl)c(F)cc1F)C1C=C(C2CC2)CN1C(=O)O. The number of carbonyl (C=O) groups excluding carboxylic acids is 1. The van der Waals surface area contributed by atoms with Crippen LogP contribution in [0.1, 0.15) is 12.8 Å². The van der Waals surface area contributed by atoms with Gasteiger partial charge >= 0.3 is 6.09 Å². The highest BCUT2D eigenvalue weighted by Gasteiger charge is 2.39. The minimum Gasteiger partial charge on any atom is -0.465 e. The number of carboxylic acid groups (broad SMARTS) is 1. The largest absolute Gasteiger partial charge is 0.465 e. The molecule has 0 bridgehead atoms. The molecule has 0 spiro atoms. The van der Waals surface area contributed by atoms with Crippen molar-refractivity contribution >= 4 is 29.3 Å². The molecule has 122 valence electrons. The molecule has 1 aliphatic heterocycles. The number of amides is 2. The van der Waals surface area contributed by atoms with E-state index in [-0.39, 0.29) is 17.3 Å². The number of rotatable bonds is 3. The molecule has 8 heteroatoms. The first kappa shape index (κ1) is 15.7. The highest BCUT2D eigenvalue weighted by atomic mass is 35.5. The van der Waals surface area contributed by atoms with Gasteiger partial charge in [-0.2, -0.15) is 0 Å². The zero-order valence-electron chi connectivity index (χ0n) is 11.9. The van der Waals surface area contributed by atoms with Crippen LogP contribution in [0, 0.1) is 17.6 Å². The third-order valence-electron chi connectivity index (χ3n) is 3.94. The summed E-state index contributed by atoms with van der Waals surface area (Å²) in [4.78, 5) is 24.6. The molecule has 1 aliphatic carbocycles. The molecule has 0 saturated heterocycles. The second-order valence-corrected chi connectivity index (χ2v) is 6.01. The predicted molar refractivity (Wildman–Crippen MR) is 79.3 cm³/mol. The lowest BCUT2D eigenvalue weighted by atomic mass is 10.1. The molecule has 2 amide bonds. The average Bonchev–Trinajstić information content (AvgIpc) is 3.23. The van der Waals surface area contributed by atoms with Crippen LogP contribution in [0.15, 0.2) is 23.8 Å². The Kier molecular flexibility index (Phi) is 3.97. The molecule has 1 atom stereocenters. The van der Waals surface area contributed by atoms with Crippen molar-refractivity contribution in [3.05, 3.63) is 40.4 Å². The van der Waals surface area contributed by atoms with Gasteiger partial charge in [-0.05, 0) is 30.4 Å². The van der Waals surface area contributed by atoms with Gasteiger partial charge in [-0.15, -0.1) is 0 Å².